The second-order valence-electron chi connectivity index (χ2n) is 5.64. The van der Waals surface area contributed by atoms with E-state index in [1.54, 1.807) is 6.07 Å². The van der Waals surface area contributed by atoms with Crippen LogP contribution in [0.1, 0.15) is 42.9 Å². The van der Waals surface area contributed by atoms with Crippen molar-refractivity contribution in [2.45, 2.75) is 44.2 Å². The Morgan fingerprint density at radius 1 is 1.28 bits per heavy atom. The van der Waals surface area contributed by atoms with Gasteiger partial charge in [0.2, 0.25) is 0 Å². The monoisotopic (exact) mass is 247 g/mol. The second kappa shape index (κ2) is 4.90. The van der Waals surface area contributed by atoms with Gasteiger partial charge in [-0.3, -0.25) is 0 Å². The number of hydrogen-bond acceptors (Lipinski definition) is 3. The molecule has 0 radical (unpaired) electrons. The zero-order chi connectivity index (χ0) is 12.5. The summed E-state index contributed by atoms with van der Waals surface area (Å²) in [5.74, 6) is 0.856. The number of rotatable bonds is 4. The molecule has 1 aromatic carbocycles. The number of fused-ring (bicyclic) bond motifs is 1. The molecule has 3 heteroatoms. The van der Waals surface area contributed by atoms with E-state index in [0.717, 1.165) is 12.8 Å². The summed E-state index contributed by atoms with van der Waals surface area (Å²) in [6.45, 7) is 0.671. The van der Waals surface area contributed by atoms with Gasteiger partial charge in [0.25, 0.3) is 0 Å². The number of phenolic OH excluding ortho intramolecular Hbond substituents is 1. The molecule has 0 aliphatic heterocycles. The fraction of sp³-hybridized carbons (Fsp3) is 0.600. The summed E-state index contributed by atoms with van der Waals surface area (Å²) in [5, 5.41) is 23.0. The lowest BCUT2D eigenvalue weighted by Gasteiger charge is -2.27. The van der Waals surface area contributed by atoms with Crippen molar-refractivity contribution in [1.29, 1.82) is 0 Å². The van der Waals surface area contributed by atoms with E-state index < -0.39 is 0 Å². The number of aryl methyl sites for hydroxylation is 1. The van der Waals surface area contributed by atoms with Crippen molar-refractivity contribution in [1.82, 2.24) is 5.32 Å². The van der Waals surface area contributed by atoms with Crippen LogP contribution < -0.4 is 5.32 Å². The van der Waals surface area contributed by atoms with Gasteiger partial charge in [-0.15, -0.1) is 0 Å². The molecule has 0 spiro atoms. The number of aromatic hydroxyl groups is 1. The normalized spacial score (nSPS) is 24.6. The third-order valence-electron chi connectivity index (χ3n) is 4.18. The van der Waals surface area contributed by atoms with Gasteiger partial charge in [-0.2, -0.15) is 0 Å². The number of hydrogen-bond donors (Lipinski definition) is 3. The van der Waals surface area contributed by atoms with Crippen LogP contribution in [-0.4, -0.2) is 22.9 Å². The first kappa shape index (κ1) is 12.0. The molecule has 2 atom stereocenters. The highest BCUT2D eigenvalue weighted by Gasteiger charge is 2.30. The van der Waals surface area contributed by atoms with Crippen LogP contribution in [-0.2, 0) is 6.42 Å². The lowest BCUT2D eigenvalue weighted by atomic mass is 9.87. The van der Waals surface area contributed by atoms with Crippen LogP contribution in [0.3, 0.4) is 0 Å². The summed E-state index contributed by atoms with van der Waals surface area (Å²) >= 11 is 0. The van der Waals surface area contributed by atoms with Crippen molar-refractivity contribution in [3.63, 3.8) is 0 Å². The number of benzene rings is 1. The minimum atomic E-state index is -0.201. The molecule has 1 aromatic rings. The summed E-state index contributed by atoms with van der Waals surface area (Å²) in [7, 11) is 0. The Morgan fingerprint density at radius 2 is 2.11 bits per heavy atom. The van der Waals surface area contributed by atoms with Gasteiger partial charge in [-0.25, -0.2) is 0 Å². The van der Waals surface area contributed by atoms with Gasteiger partial charge in [0.1, 0.15) is 5.75 Å². The first-order valence-corrected chi connectivity index (χ1v) is 6.97. The molecule has 0 aromatic heterocycles. The molecular formula is C15H21NO2. The SMILES string of the molecule is Oc1ccc2c(c1)C(NCC(O)C1CC1)CCC2. The van der Waals surface area contributed by atoms with Crippen molar-refractivity contribution in [3.8, 4) is 5.75 Å². The smallest absolute Gasteiger partial charge is 0.115 e. The van der Waals surface area contributed by atoms with E-state index in [-0.39, 0.29) is 12.1 Å². The zero-order valence-corrected chi connectivity index (χ0v) is 10.6. The summed E-state index contributed by atoms with van der Waals surface area (Å²) in [6, 6.07) is 5.94. The molecular weight excluding hydrogens is 226 g/mol. The van der Waals surface area contributed by atoms with E-state index >= 15 is 0 Å². The summed E-state index contributed by atoms with van der Waals surface area (Å²) in [4.78, 5) is 0. The van der Waals surface area contributed by atoms with Gasteiger partial charge in [-0.1, -0.05) is 6.07 Å². The molecule has 18 heavy (non-hydrogen) atoms. The molecule has 2 unspecified atom stereocenters. The molecule has 0 amide bonds. The van der Waals surface area contributed by atoms with E-state index in [0.29, 0.717) is 18.2 Å². The number of nitrogens with one attached hydrogen (secondary N) is 1. The van der Waals surface area contributed by atoms with E-state index in [1.807, 2.05) is 12.1 Å². The molecule has 2 aliphatic carbocycles. The maximum Gasteiger partial charge on any atom is 0.115 e. The molecule has 0 heterocycles. The lowest BCUT2D eigenvalue weighted by molar-refractivity contribution is 0.143. The molecule has 1 fully saturated rings. The van der Waals surface area contributed by atoms with Crippen molar-refractivity contribution in [2.75, 3.05) is 6.54 Å². The summed E-state index contributed by atoms with van der Waals surface area (Å²) in [6.07, 6.45) is 5.50. The number of aliphatic hydroxyl groups is 1. The van der Waals surface area contributed by atoms with Gasteiger partial charge in [0, 0.05) is 12.6 Å². The standard InChI is InChI=1S/C15H21NO2/c17-12-7-6-10-2-1-3-14(13(10)8-12)16-9-15(18)11-4-5-11/h6-8,11,14-18H,1-5,9H2. The zero-order valence-electron chi connectivity index (χ0n) is 10.6. The first-order chi connectivity index (χ1) is 8.74. The van der Waals surface area contributed by atoms with Gasteiger partial charge in [-0.05, 0) is 61.3 Å². The largest absolute Gasteiger partial charge is 0.508 e. The fourth-order valence-electron chi connectivity index (χ4n) is 2.91. The van der Waals surface area contributed by atoms with E-state index in [9.17, 15) is 10.2 Å². The first-order valence-electron chi connectivity index (χ1n) is 6.97. The van der Waals surface area contributed by atoms with Gasteiger partial charge < -0.3 is 15.5 Å². The van der Waals surface area contributed by atoms with Crippen molar-refractivity contribution < 1.29 is 10.2 Å². The van der Waals surface area contributed by atoms with E-state index in [1.165, 1.54) is 30.4 Å². The second-order valence-corrected chi connectivity index (χ2v) is 5.64. The van der Waals surface area contributed by atoms with Crippen LogP contribution in [0.5, 0.6) is 5.75 Å². The molecule has 0 saturated heterocycles. The van der Waals surface area contributed by atoms with Crippen LogP contribution in [0.2, 0.25) is 0 Å². The minimum Gasteiger partial charge on any atom is -0.508 e. The Labute approximate surface area is 108 Å². The Hall–Kier alpha value is -1.06. The van der Waals surface area contributed by atoms with Crippen LogP contribution >= 0.6 is 0 Å². The van der Waals surface area contributed by atoms with Gasteiger partial charge >= 0.3 is 0 Å². The molecule has 1 saturated carbocycles. The highest BCUT2D eigenvalue weighted by atomic mass is 16.3. The predicted molar refractivity (Wildman–Crippen MR) is 70.5 cm³/mol. The Balaban J connectivity index is 1.68. The average molecular weight is 247 g/mol. The average Bonchev–Trinajstić information content (AvgIpc) is 3.20. The Kier molecular flexibility index (Phi) is 3.27. The molecule has 3 N–H and O–H groups in total. The Morgan fingerprint density at radius 3 is 2.89 bits per heavy atom. The minimum absolute atomic E-state index is 0.201. The number of phenols is 1. The van der Waals surface area contributed by atoms with E-state index in [4.69, 9.17) is 0 Å². The molecule has 3 rings (SSSR count). The molecule has 0 bridgehead atoms. The Bertz CT molecular complexity index is 429. The van der Waals surface area contributed by atoms with Gasteiger partial charge in [0.15, 0.2) is 0 Å². The molecule has 2 aliphatic rings. The van der Waals surface area contributed by atoms with Crippen LogP contribution in [0.25, 0.3) is 0 Å². The maximum absolute atomic E-state index is 9.91. The fourth-order valence-corrected chi connectivity index (χ4v) is 2.91. The van der Waals surface area contributed by atoms with E-state index in [2.05, 4.69) is 5.32 Å². The molecule has 3 nitrogen and oxygen atoms in total. The third kappa shape index (κ3) is 2.52. The van der Waals surface area contributed by atoms with Crippen molar-refractivity contribution >= 4 is 0 Å². The predicted octanol–water partition coefficient (Wildman–Crippen LogP) is 2.13. The highest BCUT2D eigenvalue weighted by Crippen LogP contribution is 2.34. The van der Waals surface area contributed by atoms with Crippen molar-refractivity contribution in [3.05, 3.63) is 29.3 Å². The summed E-state index contributed by atoms with van der Waals surface area (Å²) < 4.78 is 0. The van der Waals surface area contributed by atoms with Crippen LogP contribution in [0.4, 0.5) is 0 Å². The maximum atomic E-state index is 9.91. The molecule has 98 valence electrons. The quantitative estimate of drug-likeness (QED) is 0.764. The lowest BCUT2D eigenvalue weighted by Crippen LogP contribution is -2.33. The summed E-state index contributed by atoms with van der Waals surface area (Å²) in [5.41, 5.74) is 2.54. The number of aliphatic hydroxyl groups excluding tert-OH is 1. The van der Waals surface area contributed by atoms with Crippen LogP contribution in [0.15, 0.2) is 18.2 Å². The van der Waals surface area contributed by atoms with Crippen molar-refractivity contribution in [2.24, 2.45) is 5.92 Å². The highest BCUT2D eigenvalue weighted by molar-refractivity contribution is 5.38. The topological polar surface area (TPSA) is 52.5 Å². The van der Waals surface area contributed by atoms with Crippen LogP contribution in [0, 0.1) is 5.92 Å². The third-order valence-corrected chi connectivity index (χ3v) is 4.18. The van der Waals surface area contributed by atoms with Gasteiger partial charge in [0.05, 0.1) is 6.10 Å².